The minimum Gasteiger partial charge on any atom is -0.496 e. The first-order valence-corrected chi connectivity index (χ1v) is 6.46. The lowest BCUT2D eigenvalue weighted by Crippen LogP contribution is -2.26. The Kier molecular flexibility index (Phi) is 4.87. The maximum absolute atomic E-state index is 13.2. The second-order valence-corrected chi connectivity index (χ2v) is 4.48. The number of ether oxygens (including phenoxy) is 1. The molecule has 21 heavy (non-hydrogen) atoms. The van der Waals surface area contributed by atoms with Gasteiger partial charge in [-0.25, -0.2) is 8.78 Å². The quantitative estimate of drug-likeness (QED) is 0.920. The monoisotopic (exact) mass is 291 g/mol. The first-order valence-electron chi connectivity index (χ1n) is 6.46. The molecule has 110 valence electrons. The van der Waals surface area contributed by atoms with Gasteiger partial charge in [0.2, 0.25) is 0 Å². The summed E-state index contributed by atoms with van der Waals surface area (Å²) in [6.45, 7) is 0.321. The van der Waals surface area contributed by atoms with Gasteiger partial charge in [0, 0.05) is 6.54 Å². The molecule has 0 aromatic heterocycles. The number of rotatable bonds is 5. The molecule has 0 aliphatic heterocycles. The number of carbonyl (C=O) groups excluding carboxylic acids is 1. The third kappa shape index (κ3) is 4.02. The van der Waals surface area contributed by atoms with E-state index in [1.54, 1.807) is 12.1 Å². The summed E-state index contributed by atoms with van der Waals surface area (Å²) in [5.41, 5.74) is 0.915. The Morgan fingerprint density at radius 3 is 2.62 bits per heavy atom. The lowest BCUT2D eigenvalue weighted by Gasteiger charge is -2.09. The van der Waals surface area contributed by atoms with Crippen molar-refractivity contribution in [3.05, 3.63) is 65.2 Å². The molecule has 5 heteroatoms. The molecule has 0 saturated carbocycles. The fraction of sp³-hybridized carbons (Fsp3) is 0.188. The van der Waals surface area contributed by atoms with Crippen molar-refractivity contribution in [3.63, 3.8) is 0 Å². The molecule has 2 aromatic carbocycles. The number of hydrogen-bond donors (Lipinski definition) is 1. The standard InChI is InChI=1S/C16H15F2NO2/c1-21-15-6-5-13(18)10-14(15)16(20)19-8-7-11-3-2-4-12(17)9-11/h2-6,9-10H,7-8H2,1H3,(H,19,20). The molecule has 3 nitrogen and oxygen atoms in total. The molecular formula is C16H15F2NO2. The molecular weight excluding hydrogens is 276 g/mol. The van der Waals surface area contributed by atoms with E-state index < -0.39 is 11.7 Å². The number of hydrogen-bond acceptors (Lipinski definition) is 2. The highest BCUT2D eigenvalue weighted by atomic mass is 19.1. The average molecular weight is 291 g/mol. The molecule has 0 aliphatic carbocycles. The molecule has 0 fully saturated rings. The summed E-state index contributed by atoms with van der Waals surface area (Å²) in [5, 5.41) is 2.66. The lowest BCUT2D eigenvalue weighted by atomic mass is 10.1. The Bertz CT molecular complexity index is 644. The highest BCUT2D eigenvalue weighted by Crippen LogP contribution is 2.19. The summed E-state index contributed by atoms with van der Waals surface area (Å²) in [5.74, 6) is -0.945. The molecule has 0 saturated heterocycles. The van der Waals surface area contributed by atoms with Crippen molar-refractivity contribution in [2.45, 2.75) is 6.42 Å². The summed E-state index contributed by atoms with van der Waals surface area (Å²) in [4.78, 5) is 12.0. The average Bonchev–Trinajstić information content (AvgIpc) is 2.47. The van der Waals surface area contributed by atoms with Crippen LogP contribution in [-0.4, -0.2) is 19.6 Å². The SMILES string of the molecule is COc1ccc(F)cc1C(=O)NCCc1cccc(F)c1. The Morgan fingerprint density at radius 2 is 1.90 bits per heavy atom. The zero-order chi connectivity index (χ0) is 15.2. The molecule has 2 aromatic rings. The molecule has 2 rings (SSSR count). The van der Waals surface area contributed by atoms with E-state index in [0.29, 0.717) is 18.7 Å². The van der Waals surface area contributed by atoms with E-state index in [4.69, 9.17) is 4.74 Å². The lowest BCUT2D eigenvalue weighted by molar-refractivity contribution is 0.0950. The molecule has 0 unspecified atom stereocenters. The molecule has 0 radical (unpaired) electrons. The third-order valence-electron chi connectivity index (χ3n) is 2.99. The van der Waals surface area contributed by atoms with E-state index in [1.165, 1.54) is 31.4 Å². The van der Waals surface area contributed by atoms with E-state index >= 15 is 0 Å². The van der Waals surface area contributed by atoms with Crippen LogP contribution in [0.25, 0.3) is 0 Å². The fourth-order valence-corrected chi connectivity index (χ4v) is 1.97. The molecule has 1 N–H and O–H groups in total. The normalized spacial score (nSPS) is 10.2. The minimum atomic E-state index is -0.508. The molecule has 0 spiro atoms. The topological polar surface area (TPSA) is 38.3 Å². The van der Waals surface area contributed by atoms with Gasteiger partial charge in [-0.1, -0.05) is 12.1 Å². The van der Waals surface area contributed by atoms with Gasteiger partial charge in [0.05, 0.1) is 12.7 Å². The summed E-state index contributed by atoms with van der Waals surface area (Å²) in [6, 6.07) is 9.91. The second kappa shape index (κ2) is 6.83. The zero-order valence-corrected chi connectivity index (χ0v) is 11.5. The first-order chi connectivity index (χ1) is 10.1. The summed E-state index contributed by atoms with van der Waals surface area (Å²) in [7, 11) is 1.41. The van der Waals surface area contributed by atoms with Crippen LogP contribution in [0, 0.1) is 11.6 Å². The van der Waals surface area contributed by atoms with Crippen LogP contribution >= 0.6 is 0 Å². The summed E-state index contributed by atoms with van der Waals surface area (Å²) in [6.07, 6.45) is 0.487. The number of amides is 1. The van der Waals surface area contributed by atoms with Crippen molar-refractivity contribution in [3.8, 4) is 5.75 Å². The number of nitrogens with one attached hydrogen (secondary N) is 1. The largest absolute Gasteiger partial charge is 0.496 e. The van der Waals surface area contributed by atoms with E-state index in [-0.39, 0.29) is 11.4 Å². The highest BCUT2D eigenvalue weighted by Gasteiger charge is 2.12. The van der Waals surface area contributed by atoms with Crippen LogP contribution < -0.4 is 10.1 Å². The van der Waals surface area contributed by atoms with Crippen LogP contribution in [0.15, 0.2) is 42.5 Å². The molecule has 0 bridgehead atoms. The van der Waals surface area contributed by atoms with Gasteiger partial charge in [0.1, 0.15) is 17.4 Å². The predicted octanol–water partition coefficient (Wildman–Crippen LogP) is 2.95. The molecule has 1 amide bonds. The van der Waals surface area contributed by atoms with Crippen molar-refractivity contribution in [2.24, 2.45) is 0 Å². The van der Waals surface area contributed by atoms with E-state index in [2.05, 4.69) is 5.32 Å². The van der Waals surface area contributed by atoms with Gasteiger partial charge in [-0.3, -0.25) is 4.79 Å². The minimum absolute atomic E-state index is 0.136. The van der Waals surface area contributed by atoms with Gasteiger partial charge in [-0.15, -0.1) is 0 Å². The van der Waals surface area contributed by atoms with E-state index in [0.717, 1.165) is 11.6 Å². The van der Waals surface area contributed by atoms with Crippen LogP contribution in [-0.2, 0) is 6.42 Å². The number of benzene rings is 2. The van der Waals surface area contributed by atoms with Gasteiger partial charge in [0.25, 0.3) is 5.91 Å². The summed E-state index contributed by atoms with van der Waals surface area (Å²) < 4.78 is 31.2. The van der Waals surface area contributed by atoms with Gasteiger partial charge < -0.3 is 10.1 Å². The van der Waals surface area contributed by atoms with Crippen LogP contribution in [0.2, 0.25) is 0 Å². The molecule has 0 atom stereocenters. The van der Waals surface area contributed by atoms with Crippen molar-refractivity contribution in [2.75, 3.05) is 13.7 Å². The zero-order valence-electron chi connectivity index (χ0n) is 11.5. The fourth-order valence-electron chi connectivity index (χ4n) is 1.97. The maximum Gasteiger partial charge on any atom is 0.255 e. The third-order valence-corrected chi connectivity index (χ3v) is 2.99. The second-order valence-electron chi connectivity index (χ2n) is 4.48. The van der Waals surface area contributed by atoms with Crippen LogP contribution in [0.3, 0.4) is 0 Å². The molecule has 0 heterocycles. The van der Waals surface area contributed by atoms with Crippen LogP contribution in [0.1, 0.15) is 15.9 Å². The first kappa shape index (κ1) is 15.0. The van der Waals surface area contributed by atoms with Crippen molar-refractivity contribution in [1.82, 2.24) is 5.32 Å². The Balaban J connectivity index is 1.97. The number of halogens is 2. The number of methoxy groups -OCH3 is 1. The van der Waals surface area contributed by atoms with E-state index in [1.807, 2.05) is 0 Å². The Hall–Kier alpha value is -2.43. The molecule has 0 aliphatic rings. The summed E-state index contributed by atoms with van der Waals surface area (Å²) >= 11 is 0. The predicted molar refractivity (Wildman–Crippen MR) is 75.4 cm³/mol. The van der Waals surface area contributed by atoms with Crippen LogP contribution in [0.4, 0.5) is 8.78 Å². The van der Waals surface area contributed by atoms with Gasteiger partial charge in [-0.2, -0.15) is 0 Å². The Morgan fingerprint density at radius 1 is 1.14 bits per heavy atom. The van der Waals surface area contributed by atoms with Crippen molar-refractivity contribution in [1.29, 1.82) is 0 Å². The van der Waals surface area contributed by atoms with Crippen LogP contribution in [0.5, 0.6) is 5.75 Å². The highest BCUT2D eigenvalue weighted by molar-refractivity contribution is 5.96. The Labute approximate surface area is 121 Å². The van der Waals surface area contributed by atoms with E-state index in [9.17, 15) is 13.6 Å². The van der Waals surface area contributed by atoms with Gasteiger partial charge >= 0.3 is 0 Å². The van der Waals surface area contributed by atoms with Crippen molar-refractivity contribution < 1.29 is 18.3 Å². The van der Waals surface area contributed by atoms with Crippen molar-refractivity contribution >= 4 is 5.91 Å². The van der Waals surface area contributed by atoms with Gasteiger partial charge in [0.15, 0.2) is 0 Å². The number of carbonyl (C=O) groups is 1. The maximum atomic E-state index is 13.2. The smallest absolute Gasteiger partial charge is 0.255 e. The van der Waals surface area contributed by atoms with Gasteiger partial charge in [-0.05, 0) is 42.3 Å².